The molecule has 1 saturated heterocycles. The summed E-state index contributed by atoms with van der Waals surface area (Å²) in [4.78, 5) is 24.6. The molecule has 4 nitrogen and oxygen atoms in total. The molecule has 2 rings (SSSR count). The molecular weight excluding hydrogens is 242 g/mol. The molecule has 19 heavy (non-hydrogen) atoms. The average molecular weight is 261 g/mol. The minimum absolute atomic E-state index is 0.201. The van der Waals surface area contributed by atoms with Gasteiger partial charge in [0.1, 0.15) is 0 Å². The monoisotopic (exact) mass is 261 g/mol. The Hall–Kier alpha value is -1.84. The molecule has 0 radical (unpaired) electrons. The van der Waals surface area contributed by atoms with E-state index in [9.17, 15) is 9.59 Å². The zero-order valence-electron chi connectivity index (χ0n) is 11.1. The van der Waals surface area contributed by atoms with Crippen molar-refractivity contribution in [3.8, 4) is 0 Å². The largest absolute Gasteiger partial charge is 0.478 e. The number of aromatic carboxylic acids is 1. The number of carbonyl (C=O) groups excluding carboxylic acids is 1. The van der Waals surface area contributed by atoms with Crippen LogP contribution in [-0.4, -0.2) is 35.0 Å². The number of likely N-dealkylation sites (tertiary alicyclic amines) is 1. The Bertz CT molecular complexity index is 467. The number of rotatable bonds is 4. The molecule has 1 aliphatic heterocycles. The summed E-state index contributed by atoms with van der Waals surface area (Å²) in [6, 6.07) is 6.73. The number of benzene rings is 1. The normalized spacial score (nSPS) is 18.6. The van der Waals surface area contributed by atoms with Crippen LogP contribution in [0.4, 0.5) is 0 Å². The van der Waals surface area contributed by atoms with E-state index >= 15 is 0 Å². The van der Waals surface area contributed by atoms with Gasteiger partial charge in [-0.3, -0.25) is 4.79 Å². The van der Waals surface area contributed by atoms with Crippen molar-refractivity contribution < 1.29 is 14.7 Å². The predicted molar refractivity (Wildman–Crippen MR) is 72.1 cm³/mol. The van der Waals surface area contributed by atoms with E-state index in [0.717, 1.165) is 25.1 Å². The summed E-state index contributed by atoms with van der Waals surface area (Å²) in [5, 5.41) is 8.80. The molecule has 0 aromatic heterocycles. The second kappa shape index (κ2) is 5.87. The maximum atomic E-state index is 12.0. The summed E-state index contributed by atoms with van der Waals surface area (Å²) < 4.78 is 0. The molecule has 1 aliphatic rings. The van der Waals surface area contributed by atoms with Gasteiger partial charge in [0.05, 0.1) is 5.56 Å². The Balaban J connectivity index is 1.85. The number of nitrogens with zero attached hydrogens (tertiary/aromatic N) is 1. The average Bonchev–Trinajstić information content (AvgIpc) is 2.83. The van der Waals surface area contributed by atoms with E-state index < -0.39 is 5.97 Å². The Morgan fingerprint density at radius 3 is 2.53 bits per heavy atom. The third-order valence-corrected chi connectivity index (χ3v) is 3.61. The molecule has 0 saturated carbocycles. The minimum Gasteiger partial charge on any atom is -0.478 e. The van der Waals surface area contributed by atoms with Crippen molar-refractivity contribution in [3.05, 3.63) is 35.4 Å². The van der Waals surface area contributed by atoms with Crippen molar-refractivity contribution in [2.24, 2.45) is 5.92 Å². The highest BCUT2D eigenvalue weighted by Crippen LogP contribution is 2.16. The smallest absolute Gasteiger partial charge is 0.335 e. The Morgan fingerprint density at radius 1 is 1.32 bits per heavy atom. The highest BCUT2D eigenvalue weighted by atomic mass is 16.4. The molecule has 1 heterocycles. The molecule has 0 spiro atoms. The van der Waals surface area contributed by atoms with Crippen LogP contribution in [0.15, 0.2) is 24.3 Å². The van der Waals surface area contributed by atoms with Gasteiger partial charge in [-0.2, -0.15) is 0 Å². The summed E-state index contributed by atoms with van der Waals surface area (Å²) in [6.45, 7) is 3.91. The molecule has 1 atom stereocenters. The number of hydrogen-bond donors (Lipinski definition) is 1. The molecular formula is C15H19NO3. The van der Waals surface area contributed by atoms with Gasteiger partial charge in [-0.25, -0.2) is 4.79 Å². The summed E-state index contributed by atoms with van der Waals surface area (Å²) in [6.07, 6.45) is 2.27. The number of carboxylic acids is 1. The second-order valence-electron chi connectivity index (χ2n) is 5.24. The lowest BCUT2D eigenvalue weighted by Crippen LogP contribution is -2.28. The summed E-state index contributed by atoms with van der Waals surface area (Å²) >= 11 is 0. The molecule has 0 aliphatic carbocycles. The van der Waals surface area contributed by atoms with E-state index in [4.69, 9.17) is 5.11 Å². The molecule has 4 heteroatoms. The van der Waals surface area contributed by atoms with Crippen LogP contribution in [-0.2, 0) is 11.2 Å². The van der Waals surface area contributed by atoms with Crippen molar-refractivity contribution in [1.29, 1.82) is 0 Å². The van der Waals surface area contributed by atoms with Crippen LogP contribution in [0.25, 0.3) is 0 Å². The minimum atomic E-state index is -0.923. The molecule has 1 fully saturated rings. The molecule has 1 unspecified atom stereocenters. The number of aryl methyl sites for hydroxylation is 1. The van der Waals surface area contributed by atoms with Gasteiger partial charge in [-0.1, -0.05) is 19.1 Å². The van der Waals surface area contributed by atoms with Crippen LogP contribution >= 0.6 is 0 Å². The summed E-state index contributed by atoms with van der Waals surface area (Å²) in [5.41, 5.74) is 1.29. The van der Waals surface area contributed by atoms with Gasteiger partial charge in [0, 0.05) is 19.5 Å². The first-order valence-corrected chi connectivity index (χ1v) is 6.66. The fourth-order valence-electron chi connectivity index (χ4n) is 2.38. The van der Waals surface area contributed by atoms with E-state index in [1.807, 2.05) is 4.90 Å². The van der Waals surface area contributed by atoms with E-state index in [2.05, 4.69) is 6.92 Å². The van der Waals surface area contributed by atoms with E-state index in [0.29, 0.717) is 18.8 Å². The maximum Gasteiger partial charge on any atom is 0.335 e. The first-order valence-electron chi connectivity index (χ1n) is 6.66. The quantitative estimate of drug-likeness (QED) is 0.903. The summed E-state index contributed by atoms with van der Waals surface area (Å²) in [7, 11) is 0. The molecule has 1 aromatic rings. The predicted octanol–water partition coefficient (Wildman–Crippen LogP) is 2.19. The fraction of sp³-hybridized carbons (Fsp3) is 0.467. The van der Waals surface area contributed by atoms with Gasteiger partial charge in [0.15, 0.2) is 0 Å². The van der Waals surface area contributed by atoms with Crippen LogP contribution in [0.5, 0.6) is 0 Å². The third-order valence-electron chi connectivity index (χ3n) is 3.61. The van der Waals surface area contributed by atoms with Crippen molar-refractivity contribution >= 4 is 11.9 Å². The Kier molecular flexibility index (Phi) is 4.20. The van der Waals surface area contributed by atoms with Crippen LogP contribution in [0.1, 0.15) is 35.7 Å². The van der Waals surface area contributed by atoms with Gasteiger partial charge < -0.3 is 10.0 Å². The molecule has 1 aromatic carbocycles. The van der Waals surface area contributed by atoms with Crippen LogP contribution in [0, 0.1) is 5.92 Å². The number of carbonyl (C=O) groups is 2. The zero-order chi connectivity index (χ0) is 13.8. The van der Waals surface area contributed by atoms with Crippen molar-refractivity contribution in [3.63, 3.8) is 0 Å². The van der Waals surface area contributed by atoms with Gasteiger partial charge >= 0.3 is 5.97 Å². The van der Waals surface area contributed by atoms with Crippen LogP contribution < -0.4 is 0 Å². The number of hydrogen-bond acceptors (Lipinski definition) is 2. The molecule has 1 N–H and O–H groups in total. The number of carboxylic acid groups (broad SMARTS) is 1. The lowest BCUT2D eigenvalue weighted by molar-refractivity contribution is -0.130. The third kappa shape index (κ3) is 3.56. The SMILES string of the molecule is CC1CCN(C(=O)CCc2ccc(C(=O)O)cc2)C1. The van der Waals surface area contributed by atoms with Crippen molar-refractivity contribution in [2.45, 2.75) is 26.2 Å². The first-order chi connectivity index (χ1) is 9.06. The van der Waals surface area contributed by atoms with Crippen LogP contribution in [0.2, 0.25) is 0 Å². The zero-order valence-corrected chi connectivity index (χ0v) is 11.1. The van der Waals surface area contributed by atoms with Crippen molar-refractivity contribution in [2.75, 3.05) is 13.1 Å². The molecule has 1 amide bonds. The van der Waals surface area contributed by atoms with Gasteiger partial charge in [-0.15, -0.1) is 0 Å². The van der Waals surface area contributed by atoms with Crippen molar-refractivity contribution in [1.82, 2.24) is 4.90 Å². The number of amides is 1. The molecule has 102 valence electrons. The van der Waals surface area contributed by atoms with E-state index in [1.165, 1.54) is 0 Å². The second-order valence-corrected chi connectivity index (χ2v) is 5.24. The highest BCUT2D eigenvalue weighted by Gasteiger charge is 2.22. The lowest BCUT2D eigenvalue weighted by Gasteiger charge is -2.15. The fourth-order valence-corrected chi connectivity index (χ4v) is 2.38. The lowest BCUT2D eigenvalue weighted by atomic mass is 10.1. The summed E-state index contributed by atoms with van der Waals surface area (Å²) in [5.74, 6) is -0.112. The van der Waals surface area contributed by atoms with E-state index in [1.54, 1.807) is 24.3 Å². The van der Waals surface area contributed by atoms with Gasteiger partial charge in [0.2, 0.25) is 5.91 Å². The van der Waals surface area contributed by atoms with Crippen LogP contribution in [0.3, 0.4) is 0 Å². The highest BCUT2D eigenvalue weighted by molar-refractivity contribution is 5.87. The Labute approximate surface area is 113 Å². The molecule has 0 bridgehead atoms. The first kappa shape index (κ1) is 13.6. The standard InChI is InChI=1S/C15H19NO3/c1-11-8-9-16(10-11)14(17)7-4-12-2-5-13(6-3-12)15(18)19/h2-3,5-6,11H,4,7-10H2,1H3,(H,18,19). The maximum absolute atomic E-state index is 12.0. The van der Waals surface area contributed by atoms with Gasteiger partial charge in [0.25, 0.3) is 0 Å². The van der Waals surface area contributed by atoms with E-state index in [-0.39, 0.29) is 11.5 Å². The van der Waals surface area contributed by atoms with Gasteiger partial charge in [-0.05, 0) is 36.5 Å². The Morgan fingerprint density at radius 2 is 2.00 bits per heavy atom. The topological polar surface area (TPSA) is 57.6 Å².